The highest BCUT2D eigenvalue weighted by atomic mass is 19.3. The number of rotatable bonds is 3. The maximum Gasteiger partial charge on any atom is 0.365 e. The van der Waals surface area contributed by atoms with Crippen LogP contribution in [0.1, 0.15) is 5.56 Å². The van der Waals surface area contributed by atoms with E-state index in [0.717, 1.165) is 5.56 Å². The van der Waals surface area contributed by atoms with Crippen LogP contribution >= 0.6 is 0 Å². The Bertz CT molecular complexity index is 276. The van der Waals surface area contributed by atoms with Gasteiger partial charge in [0.25, 0.3) is 0 Å². The molecule has 1 rings (SSSR count). The summed E-state index contributed by atoms with van der Waals surface area (Å²) in [6.07, 6.45) is 0.281. The molecule has 0 radical (unpaired) electrons. The SMILES string of the molecule is NC(Cc1ccccc1)C(=O)OF. The van der Waals surface area contributed by atoms with Crippen LogP contribution in [-0.4, -0.2) is 12.0 Å². The minimum Gasteiger partial charge on any atom is -0.318 e. The largest absolute Gasteiger partial charge is 0.365 e. The van der Waals surface area contributed by atoms with Crippen molar-refractivity contribution in [3.05, 3.63) is 35.9 Å². The second kappa shape index (κ2) is 4.57. The fraction of sp³-hybridized carbons (Fsp3) is 0.222. The van der Waals surface area contributed by atoms with Gasteiger partial charge in [0.1, 0.15) is 6.04 Å². The van der Waals surface area contributed by atoms with Crippen molar-refractivity contribution in [3.63, 3.8) is 0 Å². The first-order chi connectivity index (χ1) is 6.24. The van der Waals surface area contributed by atoms with Crippen molar-refractivity contribution >= 4 is 5.97 Å². The molecule has 70 valence electrons. The van der Waals surface area contributed by atoms with Gasteiger partial charge in [-0.15, -0.1) is 0 Å². The van der Waals surface area contributed by atoms with Gasteiger partial charge in [0.05, 0.1) is 0 Å². The lowest BCUT2D eigenvalue weighted by atomic mass is 10.1. The first-order valence-corrected chi connectivity index (χ1v) is 3.86. The molecule has 4 heteroatoms. The fourth-order valence-corrected chi connectivity index (χ4v) is 1.01. The smallest absolute Gasteiger partial charge is 0.318 e. The predicted octanol–water partition coefficient (Wildman–Crippen LogP) is 0.984. The molecule has 1 atom stereocenters. The molecule has 0 spiro atoms. The molecule has 0 aliphatic heterocycles. The number of benzene rings is 1. The Kier molecular flexibility index (Phi) is 3.40. The third-order valence-electron chi connectivity index (χ3n) is 1.68. The Morgan fingerprint density at radius 1 is 1.46 bits per heavy atom. The van der Waals surface area contributed by atoms with Crippen molar-refractivity contribution < 1.29 is 14.3 Å². The van der Waals surface area contributed by atoms with E-state index in [4.69, 9.17) is 5.73 Å². The molecule has 0 fully saturated rings. The van der Waals surface area contributed by atoms with E-state index < -0.39 is 12.0 Å². The van der Waals surface area contributed by atoms with E-state index in [0.29, 0.717) is 0 Å². The van der Waals surface area contributed by atoms with Crippen molar-refractivity contribution in [3.8, 4) is 0 Å². The van der Waals surface area contributed by atoms with Crippen molar-refractivity contribution in [2.24, 2.45) is 5.73 Å². The van der Waals surface area contributed by atoms with E-state index in [-0.39, 0.29) is 6.42 Å². The molecule has 0 aliphatic rings. The van der Waals surface area contributed by atoms with E-state index in [2.05, 4.69) is 4.94 Å². The van der Waals surface area contributed by atoms with Crippen LogP contribution in [0.25, 0.3) is 0 Å². The Balaban J connectivity index is 2.55. The van der Waals surface area contributed by atoms with Gasteiger partial charge in [0.2, 0.25) is 0 Å². The predicted molar refractivity (Wildman–Crippen MR) is 45.3 cm³/mol. The molecule has 13 heavy (non-hydrogen) atoms. The molecule has 3 nitrogen and oxygen atoms in total. The highest BCUT2D eigenvalue weighted by Crippen LogP contribution is 2.02. The second-order valence-electron chi connectivity index (χ2n) is 2.69. The standard InChI is InChI=1S/C9H10FNO2/c10-13-9(12)8(11)6-7-4-2-1-3-5-7/h1-5,8H,6,11H2. The third kappa shape index (κ3) is 2.83. The number of hydrogen-bond acceptors (Lipinski definition) is 3. The average Bonchev–Trinajstić information content (AvgIpc) is 2.18. The van der Waals surface area contributed by atoms with Gasteiger partial charge < -0.3 is 5.73 Å². The summed E-state index contributed by atoms with van der Waals surface area (Å²) in [6, 6.07) is 8.18. The first-order valence-electron chi connectivity index (χ1n) is 3.86. The van der Waals surface area contributed by atoms with Gasteiger partial charge in [0.15, 0.2) is 0 Å². The molecule has 0 saturated heterocycles. The number of carbonyl (C=O) groups is 1. The van der Waals surface area contributed by atoms with Crippen LogP contribution in [0.4, 0.5) is 4.53 Å². The Labute approximate surface area is 75.2 Å². The maximum atomic E-state index is 11.4. The number of halogens is 1. The molecule has 0 amide bonds. The van der Waals surface area contributed by atoms with Crippen molar-refractivity contribution in [2.75, 3.05) is 0 Å². The third-order valence-corrected chi connectivity index (χ3v) is 1.68. The zero-order chi connectivity index (χ0) is 9.68. The van der Waals surface area contributed by atoms with Crippen LogP contribution in [0.5, 0.6) is 0 Å². The van der Waals surface area contributed by atoms with Gasteiger partial charge >= 0.3 is 5.97 Å². The van der Waals surface area contributed by atoms with Crippen molar-refractivity contribution in [1.29, 1.82) is 0 Å². The van der Waals surface area contributed by atoms with Crippen LogP contribution in [0.15, 0.2) is 30.3 Å². The summed E-state index contributed by atoms with van der Waals surface area (Å²) in [4.78, 5) is 13.6. The highest BCUT2D eigenvalue weighted by molar-refractivity contribution is 5.75. The lowest BCUT2D eigenvalue weighted by Gasteiger charge is -2.05. The Hall–Kier alpha value is -1.42. The molecule has 0 aromatic heterocycles. The minimum atomic E-state index is -1.04. The van der Waals surface area contributed by atoms with E-state index in [1.54, 1.807) is 0 Å². The van der Waals surface area contributed by atoms with Crippen molar-refractivity contribution in [1.82, 2.24) is 0 Å². The molecule has 0 heterocycles. The normalized spacial score (nSPS) is 12.2. The van der Waals surface area contributed by atoms with Gasteiger partial charge in [0, 0.05) is 4.53 Å². The molecule has 2 N–H and O–H groups in total. The maximum absolute atomic E-state index is 11.4. The summed E-state index contributed by atoms with van der Waals surface area (Å²) in [5.41, 5.74) is 6.22. The average molecular weight is 183 g/mol. The zero-order valence-electron chi connectivity index (χ0n) is 6.94. The van der Waals surface area contributed by atoms with Gasteiger partial charge in [-0.3, -0.25) is 4.94 Å². The quantitative estimate of drug-likeness (QED) is 0.760. The van der Waals surface area contributed by atoms with Crippen molar-refractivity contribution in [2.45, 2.75) is 12.5 Å². The van der Waals surface area contributed by atoms with Crippen LogP contribution in [-0.2, 0) is 16.2 Å². The topological polar surface area (TPSA) is 52.3 Å². The first kappa shape index (κ1) is 9.67. The molecule has 1 aromatic rings. The fourth-order valence-electron chi connectivity index (χ4n) is 1.01. The summed E-state index contributed by atoms with van der Waals surface area (Å²) >= 11 is 0. The Morgan fingerprint density at radius 3 is 2.62 bits per heavy atom. The van der Waals surface area contributed by atoms with E-state index in [1.807, 2.05) is 30.3 Å². The van der Waals surface area contributed by atoms with Gasteiger partial charge in [-0.05, 0) is 12.0 Å². The van der Waals surface area contributed by atoms with Crippen LogP contribution in [0, 0.1) is 0 Å². The van der Waals surface area contributed by atoms with Crippen LogP contribution < -0.4 is 5.73 Å². The molecular weight excluding hydrogens is 173 g/mol. The number of hydrogen-bond donors (Lipinski definition) is 1. The summed E-state index contributed by atoms with van der Waals surface area (Å²) in [5, 5.41) is 0. The van der Waals surface area contributed by atoms with E-state index in [1.165, 1.54) is 0 Å². The summed E-state index contributed by atoms with van der Waals surface area (Å²) < 4.78 is 11.4. The molecule has 1 aromatic carbocycles. The van der Waals surface area contributed by atoms with Gasteiger partial charge in [-0.2, -0.15) is 0 Å². The monoisotopic (exact) mass is 183 g/mol. The number of nitrogens with two attached hydrogens (primary N) is 1. The minimum absolute atomic E-state index is 0.281. The Morgan fingerprint density at radius 2 is 2.08 bits per heavy atom. The summed E-state index contributed by atoms with van der Waals surface area (Å²) in [7, 11) is 0. The molecule has 0 saturated carbocycles. The van der Waals surface area contributed by atoms with Gasteiger partial charge in [-0.25, -0.2) is 4.79 Å². The number of carbonyl (C=O) groups excluding carboxylic acids is 1. The van der Waals surface area contributed by atoms with Crippen LogP contribution in [0.3, 0.4) is 0 Å². The van der Waals surface area contributed by atoms with E-state index in [9.17, 15) is 9.32 Å². The second-order valence-corrected chi connectivity index (χ2v) is 2.69. The lowest BCUT2D eigenvalue weighted by molar-refractivity contribution is -0.185. The van der Waals surface area contributed by atoms with Gasteiger partial charge in [-0.1, -0.05) is 30.3 Å². The zero-order valence-corrected chi connectivity index (χ0v) is 6.94. The van der Waals surface area contributed by atoms with E-state index >= 15 is 0 Å². The lowest BCUT2D eigenvalue weighted by Crippen LogP contribution is -2.32. The molecular formula is C9H10FNO2. The summed E-state index contributed by atoms with van der Waals surface area (Å²) in [6.45, 7) is 0. The molecule has 0 bridgehead atoms. The molecule has 0 aliphatic carbocycles. The van der Waals surface area contributed by atoms with Crippen LogP contribution in [0.2, 0.25) is 0 Å². The highest BCUT2D eigenvalue weighted by Gasteiger charge is 2.15. The molecule has 1 unspecified atom stereocenters. The summed E-state index contributed by atoms with van der Waals surface area (Å²) in [5.74, 6) is -1.04.